The molecule has 0 radical (unpaired) electrons. The molecule has 0 aromatic carbocycles. The van der Waals surface area contributed by atoms with Crippen molar-refractivity contribution in [2.45, 2.75) is 64.7 Å². The molecule has 0 bridgehead atoms. The molecule has 2 atom stereocenters. The molecular formula is C14H27NO2. The topological polar surface area (TPSA) is 30.5 Å². The Hall–Kier alpha value is -0.120. The number of nitrogens with one attached hydrogen (secondary N) is 1. The van der Waals surface area contributed by atoms with Gasteiger partial charge in [0.05, 0.1) is 19.3 Å². The Morgan fingerprint density at radius 3 is 2.71 bits per heavy atom. The van der Waals surface area contributed by atoms with Crippen LogP contribution in [0.2, 0.25) is 0 Å². The van der Waals surface area contributed by atoms with Gasteiger partial charge in [-0.2, -0.15) is 0 Å². The molecule has 2 rings (SSSR count). The summed E-state index contributed by atoms with van der Waals surface area (Å²) in [6.07, 6.45) is 5.63. The molecule has 100 valence electrons. The smallest absolute Gasteiger partial charge is 0.105 e. The predicted molar refractivity (Wildman–Crippen MR) is 69.2 cm³/mol. The minimum Gasteiger partial charge on any atom is -0.376 e. The summed E-state index contributed by atoms with van der Waals surface area (Å²) >= 11 is 0. The van der Waals surface area contributed by atoms with Crippen LogP contribution in [0.3, 0.4) is 0 Å². The highest BCUT2D eigenvalue weighted by atomic mass is 16.6. The van der Waals surface area contributed by atoms with Crippen LogP contribution in [0.15, 0.2) is 0 Å². The minimum absolute atomic E-state index is 0.347. The Balaban J connectivity index is 1.88. The summed E-state index contributed by atoms with van der Waals surface area (Å²) in [5.41, 5.74) is 0.430. The lowest BCUT2D eigenvalue weighted by Gasteiger charge is -2.43. The van der Waals surface area contributed by atoms with Gasteiger partial charge in [-0.25, -0.2) is 0 Å². The summed E-state index contributed by atoms with van der Waals surface area (Å²) in [7, 11) is 0. The fraction of sp³-hybridized carbons (Fsp3) is 1.00. The zero-order valence-electron chi connectivity index (χ0n) is 11.5. The highest BCUT2D eigenvalue weighted by Crippen LogP contribution is 2.37. The van der Waals surface area contributed by atoms with E-state index < -0.39 is 0 Å². The van der Waals surface area contributed by atoms with E-state index in [2.05, 4.69) is 26.1 Å². The number of ether oxygens (including phenoxy) is 2. The van der Waals surface area contributed by atoms with Crippen LogP contribution in [-0.2, 0) is 9.47 Å². The van der Waals surface area contributed by atoms with Gasteiger partial charge in [-0.3, -0.25) is 0 Å². The Kier molecular flexibility index (Phi) is 4.45. The van der Waals surface area contributed by atoms with E-state index >= 15 is 0 Å². The van der Waals surface area contributed by atoms with Gasteiger partial charge in [0.1, 0.15) is 6.10 Å². The molecule has 0 aromatic rings. The van der Waals surface area contributed by atoms with Crippen molar-refractivity contribution in [1.82, 2.24) is 5.32 Å². The van der Waals surface area contributed by atoms with Crippen LogP contribution < -0.4 is 5.32 Å². The first kappa shape index (κ1) is 13.3. The van der Waals surface area contributed by atoms with Crippen molar-refractivity contribution in [2.24, 2.45) is 5.41 Å². The molecule has 2 aliphatic rings. The van der Waals surface area contributed by atoms with E-state index in [9.17, 15) is 0 Å². The molecule has 2 fully saturated rings. The van der Waals surface area contributed by atoms with Gasteiger partial charge in [-0.15, -0.1) is 0 Å². The standard InChI is InChI=1S/C14H27NO2/c1-4-7-15-12-5-6-14(2,3)8-13(12)17-11-9-16-10-11/h11-13,15H,4-10H2,1-3H3. The molecule has 3 heteroatoms. The van der Waals surface area contributed by atoms with Crippen molar-refractivity contribution in [2.75, 3.05) is 19.8 Å². The Labute approximate surface area is 105 Å². The summed E-state index contributed by atoms with van der Waals surface area (Å²) in [6.45, 7) is 9.61. The van der Waals surface area contributed by atoms with Gasteiger partial charge in [-0.05, 0) is 37.6 Å². The van der Waals surface area contributed by atoms with Crippen LogP contribution >= 0.6 is 0 Å². The molecule has 1 saturated carbocycles. The summed E-state index contributed by atoms with van der Waals surface area (Å²) in [4.78, 5) is 0. The zero-order valence-corrected chi connectivity index (χ0v) is 11.5. The summed E-state index contributed by atoms with van der Waals surface area (Å²) < 4.78 is 11.4. The largest absolute Gasteiger partial charge is 0.376 e. The number of hydrogen-bond acceptors (Lipinski definition) is 3. The van der Waals surface area contributed by atoms with Crippen molar-refractivity contribution in [3.63, 3.8) is 0 Å². The van der Waals surface area contributed by atoms with Crippen LogP contribution in [0.4, 0.5) is 0 Å². The van der Waals surface area contributed by atoms with Gasteiger partial charge in [0.25, 0.3) is 0 Å². The van der Waals surface area contributed by atoms with Crippen LogP contribution in [0.5, 0.6) is 0 Å². The molecule has 1 aliphatic carbocycles. The van der Waals surface area contributed by atoms with Gasteiger partial charge in [0.2, 0.25) is 0 Å². The van der Waals surface area contributed by atoms with E-state index in [0.29, 0.717) is 23.7 Å². The monoisotopic (exact) mass is 241 g/mol. The van der Waals surface area contributed by atoms with Crippen molar-refractivity contribution in [3.05, 3.63) is 0 Å². The second-order valence-electron chi connectivity index (χ2n) is 6.30. The maximum Gasteiger partial charge on any atom is 0.105 e. The first-order valence-corrected chi connectivity index (χ1v) is 7.07. The second-order valence-corrected chi connectivity index (χ2v) is 6.30. The van der Waals surface area contributed by atoms with E-state index in [1.54, 1.807) is 0 Å². The average molecular weight is 241 g/mol. The third kappa shape index (κ3) is 3.67. The molecule has 1 aliphatic heterocycles. The average Bonchev–Trinajstić information content (AvgIpc) is 2.21. The highest BCUT2D eigenvalue weighted by Gasteiger charge is 2.37. The maximum atomic E-state index is 6.19. The Morgan fingerprint density at radius 1 is 1.35 bits per heavy atom. The molecule has 1 heterocycles. The predicted octanol–water partition coefficient (Wildman–Crippen LogP) is 2.35. The molecule has 0 amide bonds. The molecule has 17 heavy (non-hydrogen) atoms. The van der Waals surface area contributed by atoms with Crippen molar-refractivity contribution in [3.8, 4) is 0 Å². The third-order valence-electron chi connectivity index (χ3n) is 3.97. The fourth-order valence-electron chi connectivity index (χ4n) is 2.77. The first-order chi connectivity index (χ1) is 8.11. The SMILES string of the molecule is CCCNC1CCC(C)(C)CC1OC1COC1. The normalized spacial score (nSPS) is 33.4. The van der Waals surface area contributed by atoms with Gasteiger partial charge >= 0.3 is 0 Å². The van der Waals surface area contributed by atoms with Crippen molar-refractivity contribution < 1.29 is 9.47 Å². The van der Waals surface area contributed by atoms with Gasteiger partial charge < -0.3 is 14.8 Å². The third-order valence-corrected chi connectivity index (χ3v) is 3.97. The van der Waals surface area contributed by atoms with Gasteiger partial charge in [-0.1, -0.05) is 20.8 Å². The molecule has 0 spiro atoms. The Morgan fingerprint density at radius 2 is 2.12 bits per heavy atom. The molecule has 3 nitrogen and oxygen atoms in total. The van der Waals surface area contributed by atoms with Crippen LogP contribution in [0, 0.1) is 5.41 Å². The van der Waals surface area contributed by atoms with Crippen LogP contribution in [0.25, 0.3) is 0 Å². The second kappa shape index (κ2) is 5.68. The summed E-state index contributed by atoms with van der Waals surface area (Å²) in [5.74, 6) is 0. The van der Waals surface area contributed by atoms with Gasteiger partial charge in [0.15, 0.2) is 0 Å². The number of hydrogen-bond donors (Lipinski definition) is 1. The summed E-state index contributed by atoms with van der Waals surface area (Å²) in [6, 6.07) is 0.545. The van der Waals surface area contributed by atoms with E-state index in [-0.39, 0.29) is 0 Å². The van der Waals surface area contributed by atoms with E-state index in [1.807, 2.05) is 0 Å². The van der Waals surface area contributed by atoms with Crippen LogP contribution in [-0.4, -0.2) is 38.0 Å². The Bertz CT molecular complexity index is 238. The minimum atomic E-state index is 0.347. The highest BCUT2D eigenvalue weighted by molar-refractivity contribution is 4.90. The lowest BCUT2D eigenvalue weighted by Crippen LogP contribution is -2.51. The molecule has 1 saturated heterocycles. The van der Waals surface area contributed by atoms with Gasteiger partial charge in [0, 0.05) is 6.04 Å². The van der Waals surface area contributed by atoms with E-state index in [1.165, 1.54) is 25.7 Å². The summed E-state index contributed by atoms with van der Waals surface area (Å²) in [5, 5.41) is 3.65. The molecule has 0 aromatic heterocycles. The lowest BCUT2D eigenvalue weighted by atomic mass is 9.74. The van der Waals surface area contributed by atoms with Crippen LogP contribution in [0.1, 0.15) is 46.5 Å². The molecule has 2 unspecified atom stereocenters. The van der Waals surface area contributed by atoms with Crippen molar-refractivity contribution in [1.29, 1.82) is 0 Å². The maximum absolute atomic E-state index is 6.19. The molecular weight excluding hydrogens is 214 g/mol. The van der Waals surface area contributed by atoms with E-state index in [4.69, 9.17) is 9.47 Å². The van der Waals surface area contributed by atoms with E-state index in [0.717, 1.165) is 19.8 Å². The first-order valence-electron chi connectivity index (χ1n) is 7.07. The zero-order chi connectivity index (χ0) is 12.3. The fourth-order valence-corrected chi connectivity index (χ4v) is 2.77. The van der Waals surface area contributed by atoms with Crippen molar-refractivity contribution >= 4 is 0 Å². The quantitative estimate of drug-likeness (QED) is 0.801. The molecule has 1 N–H and O–H groups in total. The number of rotatable bonds is 5. The lowest BCUT2D eigenvalue weighted by molar-refractivity contribution is -0.173.